The Morgan fingerprint density at radius 1 is 1.56 bits per heavy atom. The second-order valence-electron chi connectivity index (χ2n) is 4.23. The van der Waals surface area contributed by atoms with Crippen molar-refractivity contribution >= 4 is 29.3 Å². The highest BCUT2D eigenvalue weighted by Crippen LogP contribution is 2.29. The third-order valence-electron chi connectivity index (χ3n) is 2.85. The van der Waals surface area contributed by atoms with Gasteiger partial charge in [-0.15, -0.1) is 11.3 Å². The van der Waals surface area contributed by atoms with Crippen molar-refractivity contribution in [1.29, 1.82) is 0 Å². The van der Waals surface area contributed by atoms with Gasteiger partial charge in [0.2, 0.25) is 0 Å². The van der Waals surface area contributed by atoms with Crippen LogP contribution < -0.4 is 0 Å². The summed E-state index contributed by atoms with van der Waals surface area (Å²) >= 11 is 1.38. The van der Waals surface area contributed by atoms with Crippen molar-refractivity contribution in [3.63, 3.8) is 0 Å². The predicted octanol–water partition coefficient (Wildman–Crippen LogP) is 2.47. The van der Waals surface area contributed by atoms with E-state index >= 15 is 0 Å². The number of carboxylic acid groups (broad SMARTS) is 1. The summed E-state index contributed by atoms with van der Waals surface area (Å²) < 4.78 is 0. The number of carbonyl (C=O) groups is 2. The third-order valence-corrected chi connectivity index (χ3v) is 3.74. The summed E-state index contributed by atoms with van der Waals surface area (Å²) in [6, 6.07) is 2.15. The van der Waals surface area contributed by atoms with Gasteiger partial charge in [-0.3, -0.25) is 4.79 Å². The van der Waals surface area contributed by atoms with E-state index in [9.17, 15) is 9.59 Å². The second-order valence-corrected chi connectivity index (χ2v) is 5.17. The lowest BCUT2D eigenvalue weighted by atomic mass is 10.2. The van der Waals surface area contributed by atoms with Crippen molar-refractivity contribution in [2.45, 2.75) is 25.8 Å². The highest BCUT2D eigenvalue weighted by atomic mass is 32.1. The van der Waals surface area contributed by atoms with E-state index in [4.69, 9.17) is 5.11 Å². The van der Waals surface area contributed by atoms with Gasteiger partial charge in [-0.05, 0) is 31.9 Å². The molecule has 1 heterocycles. The molecule has 0 spiro atoms. The van der Waals surface area contributed by atoms with Crippen molar-refractivity contribution in [2.24, 2.45) is 0 Å². The highest BCUT2D eigenvalue weighted by molar-refractivity contribution is 7.11. The molecule has 1 aromatic rings. The molecule has 0 radical (unpaired) electrons. The van der Waals surface area contributed by atoms with Crippen molar-refractivity contribution in [1.82, 2.24) is 4.90 Å². The first kappa shape index (κ1) is 12.8. The molecule has 1 aliphatic rings. The van der Waals surface area contributed by atoms with Gasteiger partial charge in [-0.1, -0.05) is 0 Å². The fourth-order valence-electron chi connectivity index (χ4n) is 1.83. The lowest BCUT2D eigenvalue weighted by Gasteiger charge is -2.19. The minimum atomic E-state index is -0.982. The Morgan fingerprint density at radius 2 is 2.28 bits per heavy atom. The van der Waals surface area contributed by atoms with Gasteiger partial charge >= 0.3 is 5.97 Å². The van der Waals surface area contributed by atoms with Crippen LogP contribution in [0.15, 0.2) is 17.5 Å². The number of nitrogens with zero attached hydrogens (tertiary/aromatic N) is 1. The molecule has 1 fully saturated rings. The molecule has 96 valence electrons. The summed E-state index contributed by atoms with van der Waals surface area (Å²) in [6.07, 6.45) is 4.78. The molecule has 0 bridgehead atoms. The summed E-state index contributed by atoms with van der Waals surface area (Å²) in [4.78, 5) is 25.3. The van der Waals surface area contributed by atoms with Crippen LogP contribution in [0.2, 0.25) is 0 Å². The van der Waals surface area contributed by atoms with Crippen LogP contribution in [0.4, 0.5) is 0 Å². The Balaban J connectivity index is 2.09. The van der Waals surface area contributed by atoms with Gasteiger partial charge in [0.15, 0.2) is 0 Å². The third kappa shape index (κ3) is 2.98. The van der Waals surface area contributed by atoms with Crippen LogP contribution in [-0.2, 0) is 4.79 Å². The molecule has 0 unspecified atom stereocenters. The molecule has 2 rings (SSSR count). The van der Waals surface area contributed by atoms with Crippen LogP contribution in [0, 0.1) is 0 Å². The van der Waals surface area contributed by atoms with Crippen LogP contribution in [0.3, 0.4) is 0 Å². The average Bonchev–Trinajstić information content (AvgIpc) is 3.05. The summed E-state index contributed by atoms with van der Waals surface area (Å²) in [5.41, 5.74) is 0.652. The molecule has 4 nitrogen and oxygen atoms in total. The predicted molar refractivity (Wildman–Crippen MR) is 70.7 cm³/mol. The van der Waals surface area contributed by atoms with Crippen LogP contribution in [0.25, 0.3) is 6.08 Å². The molecule has 0 atom stereocenters. The number of thiophene rings is 1. The van der Waals surface area contributed by atoms with E-state index in [2.05, 4.69) is 0 Å². The summed E-state index contributed by atoms with van der Waals surface area (Å²) in [7, 11) is 0. The maximum Gasteiger partial charge on any atom is 0.328 e. The van der Waals surface area contributed by atoms with Crippen LogP contribution in [0.1, 0.15) is 35.0 Å². The number of aliphatic carboxylic acids is 1. The molecule has 1 saturated carbocycles. The first-order valence-electron chi connectivity index (χ1n) is 5.92. The zero-order valence-electron chi connectivity index (χ0n) is 10.1. The molecule has 1 aromatic heterocycles. The highest BCUT2D eigenvalue weighted by Gasteiger charge is 2.32. The standard InChI is InChI=1S/C13H15NO3S/c1-2-14(10-3-4-10)13(17)9-7-11(18-8-9)5-6-12(15)16/h5-8,10H,2-4H2,1H3,(H,15,16). The van der Waals surface area contributed by atoms with E-state index in [-0.39, 0.29) is 5.91 Å². The molecule has 0 aliphatic heterocycles. The van der Waals surface area contributed by atoms with E-state index in [0.29, 0.717) is 11.6 Å². The SMILES string of the molecule is CCN(C(=O)c1csc(C=CC(=O)O)c1)C1CC1. The quantitative estimate of drug-likeness (QED) is 0.832. The minimum Gasteiger partial charge on any atom is -0.478 e. The smallest absolute Gasteiger partial charge is 0.328 e. The topological polar surface area (TPSA) is 57.6 Å². The fourth-order valence-corrected chi connectivity index (χ4v) is 2.60. The molecule has 1 aliphatic carbocycles. The summed E-state index contributed by atoms with van der Waals surface area (Å²) in [5, 5.41) is 10.3. The summed E-state index contributed by atoms with van der Waals surface area (Å²) in [6.45, 7) is 2.70. The number of carbonyl (C=O) groups excluding carboxylic acids is 1. The Kier molecular flexibility index (Phi) is 3.81. The zero-order chi connectivity index (χ0) is 13.1. The molecule has 0 aromatic carbocycles. The summed E-state index contributed by atoms with van der Waals surface area (Å²) in [5.74, 6) is -0.935. The Hall–Kier alpha value is -1.62. The maximum atomic E-state index is 12.2. The Bertz CT molecular complexity index is 488. The molecular weight excluding hydrogens is 250 g/mol. The molecular formula is C13H15NO3S. The Morgan fingerprint density at radius 3 is 2.83 bits per heavy atom. The van der Waals surface area contributed by atoms with Crippen molar-refractivity contribution in [3.8, 4) is 0 Å². The normalized spacial score (nSPS) is 14.9. The minimum absolute atomic E-state index is 0.0474. The van der Waals surface area contributed by atoms with E-state index in [0.717, 1.165) is 30.3 Å². The van der Waals surface area contributed by atoms with Crippen LogP contribution in [-0.4, -0.2) is 34.5 Å². The number of hydrogen-bond acceptors (Lipinski definition) is 3. The lowest BCUT2D eigenvalue weighted by Crippen LogP contribution is -2.32. The average molecular weight is 265 g/mol. The van der Waals surface area contributed by atoms with E-state index in [1.165, 1.54) is 17.4 Å². The van der Waals surface area contributed by atoms with E-state index < -0.39 is 5.97 Å². The van der Waals surface area contributed by atoms with Gasteiger partial charge in [0.05, 0.1) is 5.56 Å². The lowest BCUT2D eigenvalue weighted by molar-refractivity contribution is -0.131. The van der Waals surface area contributed by atoms with Gasteiger partial charge in [-0.2, -0.15) is 0 Å². The maximum absolute atomic E-state index is 12.2. The molecule has 18 heavy (non-hydrogen) atoms. The van der Waals surface area contributed by atoms with Gasteiger partial charge in [0.25, 0.3) is 5.91 Å². The van der Waals surface area contributed by atoms with Crippen LogP contribution >= 0.6 is 11.3 Å². The van der Waals surface area contributed by atoms with E-state index in [1.54, 1.807) is 11.4 Å². The van der Waals surface area contributed by atoms with Gasteiger partial charge in [0.1, 0.15) is 0 Å². The van der Waals surface area contributed by atoms with Crippen molar-refractivity contribution < 1.29 is 14.7 Å². The molecule has 1 N–H and O–H groups in total. The molecule has 0 saturated heterocycles. The Labute approximate surface area is 110 Å². The number of amides is 1. The van der Waals surface area contributed by atoms with Crippen molar-refractivity contribution in [3.05, 3.63) is 28.0 Å². The number of hydrogen-bond donors (Lipinski definition) is 1. The van der Waals surface area contributed by atoms with Crippen LogP contribution in [0.5, 0.6) is 0 Å². The molecule has 1 amide bonds. The molecule has 5 heteroatoms. The van der Waals surface area contributed by atoms with Crippen molar-refractivity contribution in [2.75, 3.05) is 6.54 Å². The fraction of sp³-hybridized carbons (Fsp3) is 0.385. The second kappa shape index (κ2) is 5.35. The zero-order valence-corrected chi connectivity index (χ0v) is 10.9. The van der Waals surface area contributed by atoms with E-state index in [1.807, 2.05) is 11.8 Å². The number of carboxylic acids is 1. The first-order chi connectivity index (χ1) is 8.61. The monoisotopic (exact) mass is 265 g/mol. The largest absolute Gasteiger partial charge is 0.478 e. The first-order valence-corrected chi connectivity index (χ1v) is 6.80. The van der Waals surface area contributed by atoms with Gasteiger partial charge in [0, 0.05) is 28.9 Å². The van der Waals surface area contributed by atoms with Gasteiger partial charge < -0.3 is 10.0 Å². The number of rotatable bonds is 5. The van der Waals surface area contributed by atoms with Gasteiger partial charge in [-0.25, -0.2) is 4.79 Å².